The number of amides is 1. The molecular formula is C10H12Br2N2O2S. The Morgan fingerprint density at radius 3 is 3.00 bits per heavy atom. The molecule has 0 aromatic carbocycles. The highest BCUT2D eigenvalue weighted by Crippen LogP contribution is 2.33. The van der Waals surface area contributed by atoms with Gasteiger partial charge in [0.05, 0.1) is 21.4 Å². The molecule has 0 bridgehead atoms. The standard InChI is InChI=1S/C10H12Br2N2O2S/c11-7-3-8(17-9(7)12)10(15)14-1-2-16-6(4-13)5-14/h3,6H,1-2,4-5,13H2. The van der Waals surface area contributed by atoms with E-state index in [1.807, 2.05) is 6.07 Å². The summed E-state index contributed by atoms with van der Waals surface area (Å²) in [5.41, 5.74) is 5.56. The van der Waals surface area contributed by atoms with Gasteiger partial charge in [0.1, 0.15) is 0 Å². The summed E-state index contributed by atoms with van der Waals surface area (Å²) < 4.78 is 7.28. The van der Waals surface area contributed by atoms with E-state index in [0.29, 0.717) is 26.2 Å². The largest absolute Gasteiger partial charge is 0.373 e. The molecule has 94 valence electrons. The molecule has 0 radical (unpaired) electrons. The monoisotopic (exact) mass is 382 g/mol. The molecule has 1 aromatic heterocycles. The molecular weight excluding hydrogens is 372 g/mol. The van der Waals surface area contributed by atoms with Gasteiger partial charge in [-0.05, 0) is 37.9 Å². The first-order chi connectivity index (χ1) is 8.11. The van der Waals surface area contributed by atoms with Crippen LogP contribution in [0.3, 0.4) is 0 Å². The van der Waals surface area contributed by atoms with Crippen LogP contribution in [0.5, 0.6) is 0 Å². The topological polar surface area (TPSA) is 55.6 Å². The fourth-order valence-corrected chi connectivity index (χ4v) is 3.66. The van der Waals surface area contributed by atoms with E-state index in [1.165, 1.54) is 11.3 Å². The van der Waals surface area contributed by atoms with Crippen molar-refractivity contribution in [1.29, 1.82) is 0 Å². The molecule has 1 atom stereocenters. The molecule has 0 aliphatic carbocycles. The number of halogens is 2. The van der Waals surface area contributed by atoms with Gasteiger partial charge in [0.2, 0.25) is 0 Å². The number of nitrogens with zero attached hydrogens (tertiary/aromatic N) is 1. The highest BCUT2D eigenvalue weighted by atomic mass is 79.9. The molecule has 1 amide bonds. The van der Waals surface area contributed by atoms with Crippen LogP contribution in [0.15, 0.2) is 14.3 Å². The number of hydrogen-bond donors (Lipinski definition) is 1. The third-order valence-corrected chi connectivity index (χ3v) is 5.79. The van der Waals surface area contributed by atoms with E-state index in [0.717, 1.165) is 13.1 Å². The lowest BCUT2D eigenvalue weighted by atomic mass is 10.2. The predicted molar refractivity (Wildman–Crippen MR) is 74.4 cm³/mol. The normalized spacial score (nSPS) is 20.6. The number of thiophene rings is 1. The van der Waals surface area contributed by atoms with Gasteiger partial charge in [-0.3, -0.25) is 4.79 Å². The molecule has 0 saturated carbocycles. The van der Waals surface area contributed by atoms with E-state index in [2.05, 4.69) is 31.9 Å². The summed E-state index contributed by atoms with van der Waals surface area (Å²) in [7, 11) is 0. The minimum Gasteiger partial charge on any atom is -0.373 e. The molecule has 2 N–H and O–H groups in total. The first kappa shape index (κ1) is 13.5. The second kappa shape index (κ2) is 5.79. The average Bonchev–Trinajstić information content (AvgIpc) is 2.69. The number of ether oxygens (including phenoxy) is 1. The number of rotatable bonds is 2. The summed E-state index contributed by atoms with van der Waals surface area (Å²) >= 11 is 8.20. The summed E-state index contributed by atoms with van der Waals surface area (Å²) in [4.78, 5) is 14.7. The zero-order valence-electron chi connectivity index (χ0n) is 8.99. The van der Waals surface area contributed by atoms with E-state index >= 15 is 0 Å². The molecule has 1 aliphatic heterocycles. The van der Waals surface area contributed by atoms with Crippen molar-refractivity contribution >= 4 is 49.1 Å². The van der Waals surface area contributed by atoms with Gasteiger partial charge in [-0.1, -0.05) is 0 Å². The Labute approximate surface area is 120 Å². The van der Waals surface area contributed by atoms with E-state index < -0.39 is 0 Å². The fourth-order valence-electron chi connectivity index (χ4n) is 1.65. The van der Waals surface area contributed by atoms with Crippen LogP contribution in [0.2, 0.25) is 0 Å². The van der Waals surface area contributed by atoms with Crippen LogP contribution in [0.1, 0.15) is 9.67 Å². The molecule has 4 nitrogen and oxygen atoms in total. The molecule has 17 heavy (non-hydrogen) atoms. The van der Waals surface area contributed by atoms with E-state index in [1.54, 1.807) is 4.90 Å². The van der Waals surface area contributed by atoms with Gasteiger partial charge in [0.25, 0.3) is 5.91 Å². The minimum absolute atomic E-state index is 0.0421. The zero-order valence-corrected chi connectivity index (χ0v) is 13.0. The Bertz CT molecular complexity index is 405. The van der Waals surface area contributed by atoms with E-state index in [-0.39, 0.29) is 12.0 Å². The smallest absolute Gasteiger partial charge is 0.264 e. The number of carbonyl (C=O) groups excluding carboxylic acids is 1. The van der Waals surface area contributed by atoms with Crippen LogP contribution in [0, 0.1) is 0 Å². The molecule has 2 rings (SSSR count). The quantitative estimate of drug-likeness (QED) is 0.850. The maximum Gasteiger partial charge on any atom is 0.264 e. The van der Waals surface area contributed by atoms with Gasteiger partial charge in [0, 0.05) is 24.1 Å². The summed E-state index contributed by atoms with van der Waals surface area (Å²) in [6.45, 7) is 2.20. The highest BCUT2D eigenvalue weighted by molar-refractivity contribution is 9.13. The first-order valence-corrected chi connectivity index (χ1v) is 7.58. The third-order valence-electron chi connectivity index (χ3n) is 2.54. The van der Waals surface area contributed by atoms with E-state index in [4.69, 9.17) is 10.5 Å². The molecule has 2 heterocycles. The van der Waals surface area contributed by atoms with Crippen LogP contribution >= 0.6 is 43.2 Å². The molecule has 7 heteroatoms. The summed E-state index contributed by atoms with van der Waals surface area (Å²) in [6.07, 6.45) is -0.0421. The van der Waals surface area contributed by atoms with Crippen molar-refractivity contribution in [3.63, 3.8) is 0 Å². The molecule has 1 fully saturated rings. The van der Waals surface area contributed by atoms with Gasteiger partial charge in [-0.15, -0.1) is 11.3 Å². The lowest BCUT2D eigenvalue weighted by Gasteiger charge is -2.32. The van der Waals surface area contributed by atoms with Crippen LogP contribution in [0.4, 0.5) is 0 Å². The molecule has 0 spiro atoms. The highest BCUT2D eigenvalue weighted by Gasteiger charge is 2.25. The Balaban J connectivity index is 2.09. The minimum atomic E-state index is -0.0421. The molecule has 1 unspecified atom stereocenters. The second-order valence-electron chi connectivity index (χ2n) is 3.71. The van der Waals surface area contributed by atoms with Gasteiger partial charge in [0.15, 0.2) is 0 Å². The average molecular weight is 384 g/mol. The van der Waals surface area contributed by atoms with Crippen LogP contribution in [-0.4, -0.2) is 43.2 Å². The molecule has 1 aromatic rings. The van der Waals surface area contributed by atoms with E-state index in [9.17, 15) is 4.79 Å². The second-order valence-corrected chi connectivity index (χ2v) is 6.94. The first-order valence-electron chi connectivity index (χ1n) is 5.17. The van der Waals surface area contributed by atoms with Gasteiger partial charge < -0.3 is 15.4 Å². The lowest BCUT2D eigenvalue weighted by Crippen LogP contribution is -2.48. The Kier molecular flexibility index (Phi) is 4.59. The maximum absolute atomic E-state index is 12.2. The van der Waals surface area contributed by atoms with Gasteiger partial charge in [-0.2, -0.15) is 0 Å². The predicted octanol–water partition coefficient (Wildman–Crippen LogP) is 2.07. The Morgan fingerprint density at radius 2 is 2.41 bits per heavy atom. The summed E-state index contributed by atoms with van der Waals surface area (Å²) in [5.74, 6) is 0.0446. The summed E-state index contributed by atoms with van der Waals surface area (Å²) in [5, 5.41) is 0. The van der Waals surface area contributed by atoms with Gasteiger partial charge in [-0.25, -0.2) is 0 Å². The van der Waals surface area contributed by atoms with Crippen LogP contribution in [0.25, 0.3) is 0 Å². The molecule has 1 aliphatic rings. The number of carbonyl (C=O) groups is 1. The van der Waals surface area contributed by atoms with Crippen molar-refractivity contribution < 1.29 is 9.53 Å². The van der Waals surface area contributed by atoms with Crippen molar-refractivity contribution in [2.75, 3.05) is 26.2 Å². The van der Waals surface area contributed by atoms with Crippen LogP contribution in [-0.2, 0) is 4.74 Å². The maximum atomic E-state index is 12.2. The Hall–Kier alpha value is 0.0500. The van der Waals surface area contributed by atoms with Crippen molar-refractivity contribution in [1.82, 2.24) is 4.90 Å². The number of nitrogens with two attached hydrogens (primary N) is 1. The third kappa shape index (κ3) is 3.08. The van der Waals surface area contributed by atoms with Crippen molar-refractivity contribution in [3.05, 3.63) is 19.2 Å². The summed E-state index contributed by atoms with van der Waals surface area (Å²) in [6, 6.07) is 1.84. The van der Waals surface area contributed by atoms with Gasteiger partial charge >= 0.3 is 0 Å². The SMILES string of the molecule is NCC1CN(C(=O)c2cc(Br)c(Br)s2)CCO1. The van der Waals surface area contributed by atoms with Crippen molar-refractivity contribution in [2.45, 2.75) is 6.10 Å². The van der Waals surface area contributed by atoms with Crippen molar-refractivity contribution in [3.8, 4) is 0 Å². The van der Waals surface area contributed by atoms with Crippen LogP contribution < -0.4 is 5.73 Å². The molecule has 1 saturated heterocycles. The lowest BCUT2D eigenvalue weighted by molar-refractivity contribution is -0.0165. The number of hydrogen-bond acceptors (Lipinski definition) is 4. The Morgan fingerprint density at radius 1 is 1.65 bits per heavy atom. The zero-order chi connectivity index (χ0) is 12.4. The fraction of sp³-hybridized carbons (Fsp3) is 0.500. The number of morpholine rings is 1. The van der Waals surface area contributed by atoms with Crippen molar-refractivity contribution in [2.24, 2.45) is 5.73 Å².